The number of hydrogen-bond acceptors (Lipinski definition) is 5. The lowest BCUT2D eigenvalue weighted by Gasteiger charge is -2.29. The van der Waals surface area contributed by atoms with Crippen molar-refractivity contribution in [1.29, 1.82) is 0 Å². The molecule has 1 amide bonds. The minimum Gasteiger partial charge on any atom is -0.506 e. The van der Waals surface area contributed by atoms with E-state index in [4.69, 9.17) is 4.98 Å². The van der Waals surface area contributed by atoms with Gasteiger partial charge in [-0.3, -0.25) is 4.79 Å². The molecule has 2 heterocycles. The minimum atomic E-state index is -0.212. The molecule has 3 N–H and O–H groups in total. The molecule has 0 aliphatic carbocycles. The van der Waals surface area contributed by atoms with Gasteiger partial charge in [-0.05, 0) is 18.2 Å². The van der Waals surface area contributed by atoms with E-state index in [1.54, 1.807) is 28.4 Å². The number of quaternary nitrogens is 1. The summed E-state index contributed by atoms with van der Waals surface area (Å²) in [4.78, 5) is 19.8. The molecule has 23 heavy (non-hydrogen) atoms. The number of thiazole rings is 1. The Hall–Kier alpha value is -2.12. The van der Waals surface area contributed by atoms with Crippen molar-refractivity contribution >= 4 is 28.1 Å². The third-order valence-corrected chi connectivity index (χ3v) is 4.88. The van der Waals surface area contributed by atoms with Crippen LogP contribution in [0.25, 0.3) is 11.3 Å². The number of hydrogen-bond donors (Lipinski definition) is 3. The van der Waals surface area contributed by atoms with Crippen LogP contribution in [0.1, 0.15) is 6.92 Å². The van der Waals surface area contributed by atoms with Crippen molar-refractivity contribution in [3.8, 4) is 17.0 Å². The molecule has 3 rings (SSSR count). The standard InChI is InChI=1S/C16H20N4O2S/c1-11(21)17-13-9-12(3-4-15(13)22)14-10-23-16(18-14)20-7-5-19(2)6-8-20/h3-4,9-10,22H,5-8H2,1-2H3,(H,17,21)/p+1. The van der Waals surface area contributed by atoms with Crippen LogP contribution < -0.4 is 15.1 Å². The molecular weight excluding hydrogens is 312 g/mol. The van der Waals surface area contributed by atoms with Gasteiger partial charge in [-0.15, -0.1) is 11.3 Å². The summed E-state index contributed by atoms with van der Waals surface area (Å²) < 4.78 is 0. The number of phenolic OH excluding ortho intramolecular Hbond substituents is 1. The predicted octanol–water partition coefficient (Wildman–Crippen LogP) is 0.809. The van der Waals surface area contributed by atoms with Crippen molar-refractivity contribution in [2.45, 2.75) is 6.92 Å². The van der Waals surface area contributed by atoms with Crippen molar-refractivity contribution in [2.24, 2.45) is 0 Å². The first kappa shape index (κ1) is 15.8. The van der Waals surface area contributed by atoms with E-state index in [2.05, 4.69) is 17.3 Å². The van der Waals surface area contributed by atoms with Gasteiger partial charge >= 0.3 is 0 Å². The smallest absolute Gasteiger partial charge is 0.221 e. The van der Waals surface area contributed by atoms with Crippen molar-refractivity contribution in [1.82, 2.24) is 4.98 Å². The van der Waals surface area contributed by atoms with Crippen LogP contribution in [-0.2, 0) is 4.79 Å². The van der Waals surface area contributed by atoms with Crippen LogP contribution in [0.15, 0.2) is 23.6 Å². The van der Waals surface area contributed by atoms with Crippen LogP contribution in [0.2, 0.25) is 0 Å². The summed E-state index contributed by atoms with van der Waals surface area (Å²) in [7, 11) is 2.21. The monoisotopic (exact) mass is 333 g/mol. The second-order valence-electron chi connectivity index (χ2n) is 5.87. The summed E-state index contributed by atoms with van der Waals surface area (Å²) in [6.07, 6.45) is 0. The number of carbonyl (C=O) groups excluding carboxylic acids is 1. The number of piperazine rings is 1. The predicted molar refractivity (Wildman–Crippen MR) is 92.4 cm³/mol. The number of carbonyl (C=O) groups is 1. The SMILES string of the molecule is CC(=O)Nc1cc(-c2csc(N3CC[NH+](C)CC3)n2)ccc1O. The second-order valence-corrected chi connectivity index (χ2v) is 6.71. The van der Waals surface area contributed by atoms with Gasteiger partial charge in [-0.25, -0.2) is 4.98 Å². The fraction of sp³-hybridized carbons (Fsp3) is 0.375. The van der Waals surface area contributed by atoms with E-state index in [-0.39, 0.29) is 11.7 Å². The molecule has 0 spiro atoms. The Bertz CT molecular complexity index is 708. The average molecular weight is 333 g/mol. The average Bonchev–Trinajstić information content (AvgIpc) is 2.99. The highest BCUT2D eigenvalue weighted by Crippen LogP contribution is 2.32. The maximum atomic E-state index is 11.2. The molecule has 0 saturated carbocycles. The van der Waals surface area contributed by atoms with Gasteiger partial charge in [0.25, 0.3) is 0 Å². The Kier molecular flexibility index (Phi) is 4.49. The zero-order chi connectivity index (χ0) is 16.4. The number of phenols is 1. The number of amides is 1. The van der Waals surface area contributed by atoms with Crippen LogP contribution >= 0.6 is 11.3 Å². The highest BCUT2D eigenvalue weighted by Gasteiger charge is 2.19. The second kappa shape index (κ2) is 6.55. The van der Waals surface area contributed by atoms with Crippen LogP contribution in [0, 0.1) is 0 Å². The summed E-state index contributed by atoms with van der Waals surface area (Å²) in [5.74, 6) is -0.155. The summed E-state index contributed by atoms with van der Waals surface area (Å²) in [5.41, 5.74) is 2.16. The molecular formula is C16H21N4O2S+. The summed E-state index contributed by atoms with van der Waals surface area (Å²) >= 11 is 1.63. The molecule has 1 aliphatic rings. The molecule has 122 valence electrons. The topological polar surface area (TPSA) is 69.9 Å². The van der Waals surface area contributed by atoms with Crippen LogP contribution in [-0.4, -0.2) is 49.2 Å². The summed E-state index contributed by atoms with van der Waals surface area (Å²) in [5, 5.41) is 15.5. The van der Waals surface area contributed by atoms with Gasteiger partial charge in [0, 0.05) is 17.9 Å². The van der Waals surface area contributed by atoms with Gasteiger partial charge < -0.3 is 20.2 Å². The van der Waals surface area contributed by atoms with Crippen molar-refractivity contribution in [3.05, 3.63) is 23.6 Å². The number of benzene rings is 1. The molecule has 0 bridgehead atoms. The maximum Gasteiger partial charge on any atom is 0.221 e. The van der Waals surface area contributed by atoms with E-state index >= 15 is 0 Å². The zero-order valence-electron chi connectivity index (χ0n) is 13.3. The fourth-order valence-corrected chi connectivity index (χ4v) is 3.50. The lowest BCUT2D eigenvalue weighted by Crippen LogP contribution is -3.12. The largest absolute Gasteiger partial charge is 0.506 e. The Balaban J connectivity index is 1.81. The fourth-order valence-electron chi connectivity index (χ4n) is 2.61. The zero-order valence-corrected chi connectivity index (χ0v) is 14.1. The van der Waals surface area contributed by atoms with E-state index in [1.165, 1.54) is 6.92 Å². The molecule has 6 nitrogen and oxygen atoms in total. The summed E-state index contributed by atoms with van der Waals surface area (Å²) in [6.45, 7) is 5.71. The van der Waals surface area contributed by atoms with Gasteiger partial charge in [-0.2, -0.15) is 0 Å². The van der Waals surface area contributed by atoms with Gasteiger partial charge in [0.1, 0.15) is 5.75 Å². The molecule has 1 aromatic heterocycles. The highest BCUT2D eigenvalue weighted by atomic mass is 32.1. The minimum absolute atomic E-state index is 0.0569. The number of nitrogens with one attached hydrogen (secondary N) is 2. The molecule has 1 fully saturated rings. The lowest BCUT2D eigenvalue weighted by molar-refractivity contribution is -0.880. The van der Waals surface area contributed by atoms with E-state index in [9.17, 15) is 9.90 Å². The molecule has 0 atom stereocenters. The number of aromatic hydroxyl groups is 1. The molecule has 2 aromatic rings. The van der Waals surface area contributed by atoms with Crippen molar-refractivity contribution in [3.63, 3.8) is 0 Å². The number of rotatable bonds is 3. The molecule has 1 aliphatic heterocycles. The normalized spacial score (nSPS) is 15.7. The highest BCUT2D eigenvalue weighted by molar-refractivity contribution is 7.14. The maximum absolute atomic E-state index is 11.2. The quantitative estimate of drug-likeness (QED) is 0.727. The summed E-state index contributed by atoms with van der Waals surface area (Å²) in [6, 6.07) is 5.15. The van der Waals surface area contributed by atoms with E-state index in [0.717, 1.165) is 42.6 Å². The Morgan fingerprint density at radius 1 is 1.39 bits per heavy atom. The van der Waals surface area contributed by atoms with E-state index in [0.29, 0.717) is 5.69 Å². The van der Waals surface area contributed by atoms with Crippen LogP contribution in [0.5, 0.6) is 5.75 Å². The first-order chi connectivity index (χ1) is 11.0. The lowest BCUT2D eigenvalue weighted by atomic mass is 10.1. The number of likely N-dealkylation sites (N-methyl/N-ethyl adjacent to an activating group) is 1. The Morgan fingerprint density at radius 3 is 2.83 bits per heavy atom. The molecule has 0 unspecified atom stereocenters. The van der Waals surface area contributed by atoms with Gasteiger partial charge in [0.15, 0.2) is 5.13 Å². The van der Waals surface area contributed by atoms with Gasteiger partial charge in [-0.1, -0.05) is 0 Å². The van der Waals surface area contributed by atoms with E-state index < -0.39 is 0 Å². The molecule has 1 aromatic carbocycles. The third-order valence-electron chi connectivity index (χ3n) is 3.98. The first-order valence-corrected chi connectivity index (χ1v) is 8.53. The Morgan fingerprint density at radius 2 is 2.13 bits per heavy atom. The third kappa shape index (κ3) is 3.62. The molecule has 0 radical (unpaired) electrons. The molecule has 7 heteroatoms. The number of aromatic nitrogens is 1. The van der Waals surface area contributed by atoms with E-state index in [1.807, 2.05) is 11.4 Å². The first-order valence-electron chi connectivity index (χ1n) is 7.65. The van der Waals surface area contributed by atoms with Crippen LogP contribution in [0.4, 0.5) is 10.8 Å². The van der Waals surface area contributed by atoms with Crippen molar-refractivity contribution < 1.29 is 14.8 Å². The molecule has 1 saturated heterocycles. The van der Waals surface area contributed by atoms with Gasteiger partial charge in [0.2, 0.25) is 5.91 Å². The Labute approximate surface area is 139 Å². The van der Waals surface area contributed by atoms with Crippen LogP contribution in [0.3, 0.4) is 0 Å². The number of nitrogens with zero attached hydrogens (tertiary/aromatic N) is 2. The number of anilines is 2. The van der Waals surface area contributed by atoms with Crippen molar-refractivity contribution in [2.75, 3.05) is 43.4 Å². The van der Waals surface area contributed by atoms with Gasteiger partial charge in [0.05, 0.1) is 44.6 Å².